The van der Waals surface area contributed by atoms with Crippen molar-refractivity contribution in [1.82, 2.24) is 25.1 Å². The number of nitrogens with zero attached hydrogens (tertiary/aromatic N) is 4. The van der Waals surface area contributed by atoms with Gasteiger partial charge < -0.3 is 5.32 Å². The van der Waals surface area contributed by atoms with Gasteiger partial charge in [-0.3, -0.25) is 14.3 Å². The van der Waals surface area contributed by atoms with Crippen molar-refractivity contribution in [2.45, 2.75) is 43.3 Å². The van der Waals surface area contributed by atoms with Crippen LogP contribution in [0.25, 0.3) is 5.69 Å². The van der Waals surface area contributed by atoms with Crippen LogP contribution in [-0.4, -0.2) is 37.5 Å². The Morgan fingerprint density at radius 2 is 2.23 bits per heavy atom. The van der Waals surface area contributed by atoms with E-state index in [0.29, 0.717) is 17.0 Å². The Morgan fingerprint density at radius 1 is 1.36 bits per heavy atom. The first-order valence-corrected chi connectivity index (χ1v) is 8.54. The number of hydrogen-bond acceptors (Lipinski definition) is 5. The fourth-order valence-electron chi connectivity index (χ4n) is 2.64. The standard InChI is InChI=1S/C15H19N5OS/c21-14(18-12-5-2-1-3-6-12)10-22-15-19-17-11-20(15)13-7-4-8-16-9-13/h4,7-9,11-12H,1-3,5-6,10H2,(H,18,21). The van der Waals surface area contributed by atoms with Gasteiger partial charge in [0.1, 0.15) is 6.33 Å². The quantitative estimate of drug-likeness (QED) is 0.856. The summed E-state index contributed by atoms with van der Waals surface area (Å²) in [4.78, 5) is 16.1. The molecule has 3 rings (SSSR count). The summed E-state index contributed by atoms with van der Waals surface area (Å²) in [5.41, 5.74) is 0.891. The van der Waals surface area contributed by atoms with E-state index < -0.39 is 0 Å². The van der Waals surface area contributed by atoms with Crippen LogP contribution in [0.5, 0.6) is 0 Å². The van der Waals surface area contributed by atoms with Crippen LogP contribution in [0.2, 0.25) is 0 Å². The minimum atomic E-state index is 0.0673. The lowest BCUT2D eigenvalue weighted by Crippen LogP contribution is -2.37. The molecule has 22 heavy (non-hydrogen) atoms. The van der Waals surface area contributed by atoms with E-state index in [0.717, 1.165) is 18.5 Å². The van der Waals surface area contributed by atoms with Crippen molar-refractivity contribution in [3.05, 3.63) is 30.9 Å². The normalized spacial score (nSPS) is 15.6. The second-order valence-electron chi connectivity index (χ2n) is 5.39. The Kier molecular flexibility index (Phi) is 5.05. The number of nitrogens with one attached hydrogen (secondary N) is 1. The van der Waals surface area contributed by atoms with Crippen molar-refractivity contribution >= 4 is 17.7 Å². The zero-order valence-electron chi connectivity index (χ0n) is 12.3. The fraction of sp³-hybridized carbons (Fsp3) is 0.467. The summed E-state index contributed by atoms with van der Waals surface area (Å²) < 4.78 is 1.84. The number of carbonyl (C=O) groups excluding carboxylic acids is 1. The summed E-state index contributed by atoms with van der Waals surface area (Å²) in [6.07, 6.45) is 11.0. The van der Waals surface area contributed by atoms with Gasteiger partial charge in [-0.15, -0.1) is 10.2 Å². The summed E-state index contributed by atoms with van der Waals surface area (Å²) in [5, 5.41) is 11.8. The first-order valence-electron chi connectivity index (χ1n) is 7.55. The molecule has 2 heterocycles. The van der Waals surface area contributed by atoms with Gasteiger partial charge in [0, 0.05) is 12.2 Å². The molecule has 0 saturated heterocycles. The fourth-order valence-corrected chi connectivity index (χ4v) is 3.38. The van der Waals surface area contributed by atoms with Gasteiger partial charge in [0.15, 0.2) is 5.16 Å². The molecule has 116 valence electrons. The predicted molar refractivity (Wildman–Crippen MR) is 84.9 cm³/mol. The van der Waals surface area contributed by atoms with E-state index in [1.165, 1.54) is 31.0 Å². The maximum Gasteiger partial charge on any atom is 0.230 e. The number of hydrogen-bond donors (Lipinski definition) is 1. The van der Waals surface area contributed by atoms with Crippen LogP contribution >= 0.6 is 11.8 Å². The molecule has 0 bridgehead atoms. The molecule has 2 aromatic rings. The minimum Gasteiger partial charge on any atom is -0.353 e. The highest BCUT2D eigenvalue weighted by molar-refractivity contribution is 7.99. The molecule has 0 atom stereocenters. The van der Waals surface area contributed by atoms with Crippen LogP contribution in [0.1, 0.15) is 32.1 Å². The first kappa shape index (κ1) is 15.0. The maximum atomic E-state index is 12.1. The van der Waals surface area contributed by atoms with Crippen LogP contribution in [0, 0.1) is 0 Å². The topological polar surface area (TPSA) is 72.7 Å². The minimum absolute atomic E-state index is 0.0673. The van der Waals surface area contributed by atoms with Gasteiger partial charge in [-0.1, -0.05) is 31.0 Å². The highest BCUT2D eigenvalue weighted by Gasteiger charge is 2.16. The number of rotatable bonds is 5. The molecule has 0 radical (unpaired) electrons. The predicted octanol–water partition coefficient (Wildman–Crippen LogP) is 2.20. The van der Waals surface area contributed by atoms with Crippen LogP contribution in [0.3, 0.4) is 0 Å². The van der Waals surface area contributed by atoms with Crippen LogP contribution in [0.4, 0.5) is 0 Å². The Morgan fingerprint density at radius 3 is 3.00 bits per heavy atom. The van der Waals surface area contributed by atoms with Crippen molar-refractivity contribution in [3.63, 3.8) is 0 Å². The zero-order valence-corrected chi connectivity index (χ0v) is 13.1. The van der Waals surface area contributed by atoms with Crippen molar-refractivity contribution in [3.8, 4) is 5.69 Å². The molecule has 2 aromatic heterocycles. The molecule has 1 aliphatic carbocycles. The van der Waals surface area contributed by atoms with E-state index in [1.54, 1.807) is 18.7 Å². The van der Waals surface area contributed by atoms with E-state index in [-0.39, 0.29) is 5.91 Å². The molecule has 7 heteroatoms. The summed E-state index contributed by atoms with van der Waals surface area (Å²) >= 11 is 1.39. The number of pyridine rings is 1. The highest BCUT2D eigenvalue weighted by Crippen LogP contribution is 2.20. The van der Waals surface area contributed by atoms with Crippen molar-refractivity contribution in [1.29, 1.82) is 0 Å². The van der Waals surface area contributed by atoms with Crippen molar-refractivity contribution < 1.29 is 4.79 Å². The maximum absolute atomic E-state index is 12.1. The molecule has 1 N–H and O–H groups in total. The molecule has 0 aliphatic heterocycles. The second kappa shape index (κ2) is 7.40. The molecule has 0 unspecified atom stereocenters. The second-order valence-corrected chi connectivity index (χ2v) is 6.33. The van der Waals surface area contributed by atoms with Gasteiger partial charge in [-0.25, -0.2) is 0 Å². The molecular weight excluding hydrogens is 298 g/mol. The monoisotopic (exact) mass is 317 g/mol. The first-order chi connectivity index (χ1) is 10.8. The van der Waals surface area contributed by atoms with Gasteiger partial charge >= 0.3 is 0 Å². The van der Waals surface area contributed by atoms with Gasteiger partial charge in [0.25, 0.3) is 0 Å². The average molecular weight is 317 g/mol. The molecule has 1 amide bonds. The Labute approximate surface area is 133 Å². The van der Waals surface area contributed by atoms with Crippen molar-refractivity contribution in [2.24, 2.45) is 0 Å². The smallest absolute Gasteiger partial charge is 0.230 e. The number of amides is 1. The molecule has 1 aliphatic rings. The zero-order chi connectivity index (χ0) is 15.2. The largest absolute Gasteiger partial charge is 0.353 e. The molecule has 1 saturated carbocycles. The van der Waals surface area contributed by atoms with E-state index >= 15 is 0 Å². The highest BCUT2D eigenvalue weighted by atomic mass is 32.2. The van der Waals surface area contributed by atoms with Crippen molar-refractivity contribution in [2.75, 3.05) is 5.75 Å². The number of carbonyl (C=O) groups is 1. The van der Waals surface area contributed by atoms with Gasteiger partial charge in [0.05, 0.1) is 17.6 Å². The SMILES string of the molecule is O=C(CSc1nncn1-c1cccnc1)NC1CCCCC1. The summed E-state index contributed by atoms with van der Waals surface area (Å²) in [6.45, 7) is 0. The van der Waals surface area contributed by atoms with E-state index in [4.69, 9.17) is 0 Å². The van der Waals surface area contributed by atoms with Gasteiger partial charge in [-0.2, -0.15) is 0 Å². The molecule has 1 fully saturated rings. The Balaban J connectivity index is 1.55. The lowest BCUT2D eigenvalue weighted by molar-refractivity contribution is -0.119. The molecule has 0 spiro atoms. The summed E-state index contributed by atoms with van der Waals surface area (Å²) in [7, 11) is 0. The van der Waals surface area contributed by atoms with Gasteiger partial charge in [-0.05, 0) is 25.0 Å². The number of aromatic nitrogens is 4. The van der Waals surface area contributed by atoms with Crippen LogP contribution < -0.4 is 5.32 Å². The summed E-state index contributed by atoms with van der Waals surface area (Å²) in [6, 6.07) is 4.14. The third-order valence-corrected chi connectivity index (χ3v) is 4.69. The average Bonchev–Trinajstić information content (AvgIpc) is 3.03. The van der Waals surface area contributed by atoms with E-state index in [1.807, 2.05) is 16.7 Å². The third-order valence-electron chi connectivity index (χ3n) is 3.74. The van der Waals surface area contributed by atoms with Crippen LogP contribution in [0.15, 0.2) is 36.0 Å². The number of thioether (sulfide) groups is 1. The molecule has 6 nitrogen and oxygen atoms in total. The van der Waals surface area contributed by atoms with E-state index in [2.05, 4.69) is 20.5 Å². The lowest BCUT2D eigenvalue weighted by atomic mass is 9.95. The van der Waals surface area contributed by atoms with Crippen LogP contribution in [-0.2, 0) is 4.79 Å². The van der Waals surface area contributed by atoms with E-state index in [9.17, 15) is 4.79 Å². The third kappa shape index (κ3) is 3.85. The summed E-state index contributed by atoms with van der Waals surface area (Å²) in [5.74, 6) is 0.424. The Hall–Kier alpha value is -1.89. The molecule has 0 aromatic carbocycles. The Bertz CT molecular complexity index is 609. The van der Waals surface area contributed by atoms with Gasteiger partial charge in [0.2, 0.25) is 5.91 Å². The lowest BCUT2D eigenvalue weighted by Gasteiger charge is -2.22. The molecular formula is C15H19N5OS.